The number of nitrogens with one attached hydrogen (secondary N) is 2. The quantitative estimate of drug-likeness (QED) is 0.619. The molecule has 8 heteroatoms. The van der Waals surface area contributed by atoms with Gasteiger partial charge < -0.3 is 15.5 Å². The maximum atomic E-state index is 11.4. The Labute approximate surface area is 164 Å². The van der Waals surface area contributed by atoms with Crippen LogP contribution in [0.3, 0.4) is 0 Å². The second-order valence-corrected chi connectivity index (χ2v) is 8.74. The Hall–Kier alpha value is -2.74. The van der Waals surface area contributed by atoms with Crippen LogP contribution in [0.5, 0.6) is 0 Å². The molecule has 3 atom stereocenters. The fraction of sp³-hybridized carbons (Fsp3) is 0.500. The molecule has 4 heterocycles. The topological polar surface area (TPSA) is 96.2 Å². The van der Waals surface area contributed by atoms with E-state index >= 15 is 0 Å². The molecule has 2 aromatic heterocycles. The summed E-state index contributed by atoms with van der Waals surface area (Å²) in [6.45, 7) is 9.67. The Morgan fingerprint density at radius 2 is 1.96 bits per heavy atom. The molecule has 0 aromatic carbocycles. The van der Waals surface area contributed by atoms with Crippen molar-refractivity contribution < 1.29 is 4.92 Å². The zero-order valence-electron chi connectivity index (χ0n) is 16.4. The molecule has 2 saturated heterocycles. The highest BCUT2D eigenvalue weighted by atomic mass is 16.6. The molecule has 0 spiro atoms. The van der Waals surface area contributed by atoms with E-state index in [1.165, 1.54) is 0 Å². The Morgan fingerprint density at radius 1 is 1.21 bits per heavy atom. The summed E-state index contributed by atoms with van der Waals surface area (Å²) in [7, 11) is 0. The summed E-state index contributed by atoms with van der Waals surface area (Å²) in [6, 6.07) is 7.29. The molecule has 2 aliphatic heterocycles. The van der Waals surface area contributed by atoms with E-state index in [-0.39, 0.29) is 16.9 Å². The Balaban J connectivity index is 1.59. The Morgan fingerprint density at radius 3 is 2.64 bits per heavy atom. The molecule has 8 nitrogen and oxygen atoms in total. The lowest BCUT2D eigenvalue weighted by atomic mass is 9.78. The van der Waals surface area contributed by atoms with Crippen LogP contribution in [0, 0.1) is 27.4 Å². The molecule has 0 amide bonds. The number of rotatable bonds is 4. The number of pyridine rings is 2. The predicted molar refractivity (Wildman–Crippen MR) is 109 cm³/mol. The van der Waals surface area contributed by atoms with Crippen LogP contribution in [0.1, 0.15) is 20.8 Å². The highest BCUT2D eigenvalue weighted by molar-refractivity contribution is 5.67. The van der Waals surface area contributed by atoms with Crippen LogP contribution >= 0.6 is 0 Å². The van der Waals surface area contributed by atoms with Crippen molar-refractivity contribution in [3.63, 3.8) is 0 Å². The van der Waals surface area contributed by atoms with Crippen molar-refractivity contribution in [2.24, 2.45) is 17.3 Å². The summed E-state index contributed by atoms with van der Waals surface area (Å²) in [5.41, 5.74) is 0.888. The van der Waals surface area contributed by atoms with Crippen molar-refractivity contribution in [2.45, 2.75) is 26.8 Å². The second kappa shape index (κ2) is 7.01. The molecule has 4 rings (SSSR count). The maximum absolute atomic E-state index is 11.4. The Bertz CT molecular complexity index is 867. The zero-order valence-corrected chi connectivity index (χ0v) is 16.4. The number of anilines is 3. The fourth-order valence-corrected chi connectivity index (χ4v) is 4.48. The molecule has 0 aliphatic carbocycles. The summed E-state index contributed by atoms with van der Waals surface area (Å²) in [5.74, 6) is 2.19. The molecule has 2 aliphatic rings. The van der Waals surface area contributed by atoms with Gasteiger partial charge in [-0.3, -0.25) is 15.1 Å². The van der Waals surface area contributed by atoms with E-state index in [0.29, 0.717) is 17.9 Å². The number of hydrogen-bond acceptors (Lipinski definition) is 7. The number of hydrogen-bond donors (Lipinski definition) is 2. The first-order valence-corrected chi connectivity index (χ1v) is 9.64. The minimum atomic E-state index is -0.404. The highest BCUT2D eigenvalue weighted by Crippen LogP contribution is 2.40. The van der Waals surface area contributed by atoms with Gasteiger partial charge in [0.15, 0.2) is 0 Å². The maximum Gasteiger partial charge on any atom is 0.311 e. The van der Waals surface area contributed by atoms with Crippen molar-refractivity contribution in [3.8, 4) is 0 Å². The Kier molecular flexibility index (Phi) is 4.66. The second-order valence-electron chi connectivity index (χ2n) is 8.74. The molecule has 0 radical (unpaired) electrons. The van der Waals surface area contributed by atoms with Gasteiger partial charge in [-0.15, -0.1) is 0 Å². The van der Waals surface area contributed by atoms with Gasteiger partial charge in [-0.25, -0.2) is 4.98 Å². The van der Waals surface area contributed by atoms with Crippen LogP contribution in [0.25, 0.3) is 0 Å². The first-order valence-electron chi connectivity index (χ1n) is 9.64. The number of fused-ring (bicyclic) bond motifs is 1. The van der Waals surface area contributed by atoms with Crippen molar-refractivity contribution in [2.75, 3.05) is 29.9 Å². The van der Waals surface area contributed by atoms with E-state index < -0.39 is 4.92 Å². The van der Waals surface area contributed by atoms with Gasteiger partial charge in [0, 0.05) is 49.8 Å². The van der Waals surface area contributed by atoms with Crippen LogP contribution in [-0.4, -0.2) is 40.6 Å². The third-order valence-electron chi connectivity index (χ3n) is 5.78. The predicted octanol–water partition coefficient (Wildman–Crippen LogP) is 3.20. The number of aromatic nitrogens is 2. The summed E-state index contributed by atoms with van der Waals surface area (Å²) >= 11 is 0. The van der Waals surface area contributed by atoms with Crippen LogP contribution < -0.4 is 15.5 Å². The summed E-state index contributed by atoms with van der Waals surface area (Å²) in [5, 5.41) is 18.2. The molecule has 3 unspecified atom stereocenters. The molecule has 148 valence electrons. The SMILES string of the molecule is CC(C)(C)C1NCC2CN(c3ccc([N+](=O)[O-])c(Nc4ccncc4)n3)CC21. The normalized spacial score (nSPS) is 24.2. The molecule has 28 heavy (non-hydrogen) atoms. The van der Waals surface area contributed by atoms with Gasteiger partial charge in [0.25, 0.3) is 0 Å². The van der Waals surface area contributed by atoms with Crippen molar-refractivity contribution in [1.29, 1.82) is 0 Å². The lowest BCUT2D eigenvalue weighted by Gasteiger charge is -2.32. The lowest BCUT2D eigenvalue weighted by Crippen LogP contribution is -2.42. The van der Waals surface area contributed by atoms with Gasteiger partial charge >= 0.3 is 5.69 Å². The molecule has 2 fully saturated rings. The smallest absolute Gasteiger partial charge is 0.311 e. The molecule has 2 aromatic rings. The van der Waals surface area contributed by atoms with E-state index in [0.717, 1.165) is 31.1 Å². The monoisotopic (exact) mass is 382 g/mol. The summed E-state index contributed by atoms with van der Waals surface area (Å²) < 4.78 is 0. The molecule has 0 saturated carbocycles. The molecule has 2 N–H and O–H groups in total. The van der Waals surface area contributed by atoms with E-state index in [2.05, 4.69) is 46.3 Å². The average molecular weight is 382 g/mol. The fourth-order valence-electron chi connectivity index (χ4n) is 4.48. The molecule has 0 bridgehead atoms. The molecular weight excluding hydrogens is 356 g/mol. The van der Waals surface area contributed by atoms with Crippen LogP contribution in [0.15, 0.2) is 36.7 Å². The van der Waals surface area contributed by atoms with Gasteiger partial charge in [-0.1, -0.05) is 20.8 Å². The van der Waals surface area contributed by atoms with E-state index in [1.54, 1.807) is 36.7 Å². The van der Waals surface area contributed by atoms with Gasteiger partial charge in [-0.05, 0) is 35.4 Å². The van der Waals surface area contributed by atoms with E-state index in [4.69, 9.17) is 0 Å². The third-order valence-corrected chi connectivity index (χ3v) is 5.78. The van der Waals surface area contributed by atoms with E-state index in [1.807, 2.05) is 0 Å². The number of nitrogens with zero attached hydrogens (tertiary/aromatic N) is 4. The van der Waals surface area contributed by atoms with Crippen LogP contribution in [-0.2, 0) is 0 Å². The van der Waals surface area contributed by atoms with E-state index in [9.17, 15) is 10.1 Å². The standard InChI is InChI=1S/C20H26N6O2/c1-20(2,3)18-15-12-25(11-13(15)10-22-18)17-5-4-16(26(27)28)19(24-17)23-14-6-8-21-9-7-14/h4-9,13,15,18,22H,10-12H2,1-3H3,(H,21,23,24). The zero-order chi connectivity index (χ0) is 19.9. The van der Waals surface area contributed by atoms with Gasteiger partial charge in [-0.2, -0.15) is 0 Å². The van der Waals surface area contributed by atoms with Crippen molar-refractivity contribution >= 4 is 23.0 Å². The largest absolute Gasteiger partial charge is 0.356 e. The first-order chi connectivity index (χ1) is 13.3. The minimum absolute atomic E-state index is 0.0332. The van der Waals surface area contributed by atoms with Crippen LogP contribution in [0.2, 0.25) is 0 Å². The van der Waals surface area contributed by atoms with Gasteiger partial charge in [0.2, 0.25) is 5.82 Å². The van der Waals surface area contributed by atoms with Crippen molar-refractivity contribution in [1.82, 2.24) is 15.3 Å². The summed E-state index contributed by atoms with van der Waals surface area (Å²) in [6.07, 6.45) is 3.28. The minimum Gasteiger partial charge on any atom is -0.356 e. The van der Waals surface area contributed by atoms with Gasteiger partial charge in [0.05, 0.1) is 4.92 Å². The number of nitro groups is 1. The summed E-state index contributed by atoms with van der Waals surface area (Å²) in [4.78, 5) is 21.9. The highest BCUT2D eigenvalue weighted by Gasteiger charge is 2.47. The first kappa shape index (κ1) is 18.6. The van der Waals surface area contributed by atoms with Crippen molar-refractivity contribution in [3.05, 3.63) is 46.8 Å². The third kappa shape index (κ3) is 3.52. The molecular formula is C20H26N6O2. The van der Waals surface area contributed by atoms with Crippen LogP contribution in [0.4, 0.5) is 23.0 Å². The van der Waals surface area contributed by atoms with Gasteiger partial charge in [0.1, 0.15) is 5.82 Å². The average Bonchev–Trinajstić information content (AvgIpc) is 3.22. The lowest BCUT2D eigenvalue weighted by molar-refractivity contribution is -0.384.